The summed E-state index contributed by atoms with van der Waals surface area (Å²) in [6, 6.07) is 3.63. The Bertz CT molecular complexity index is 352. The maximum absolute atomic E-state index is 10.3. The summed E-state index contributed by atoms with van der Waals surface area (Å²) in [5.41, 5.74) is 0.950. The van der Waals surface area contributed by atoms with E-state index in [1.54, 1.807) is 18.5 Å². The van der Waals surface area contributed by atoms with E-state index < -0.39 is 10.1 Å². The third-order valence-electron chi connectivity index (χ3n) is 1.58. The molecule has 0 aliphatic heterocycles. The topological polar surface area (TPSA) is 70.1 Å². The van der Waals surface area contributed by atoms with E-state index in [0.29, 0.717) is 12.8 Å². The number of nitrogens with zero attached hydrogens (tertiary/aromatic N) is 1. The third-order valence-corrected chi connectivity index (χ3v) is 2.37. The fourth-order valence-electron chi connectivity index (χ4n) is 0.999. The van der Waals surface area contributed by atoms with Crippen LogP contribution in [0.1, 0.15) is 12.0 Å². The summed E-state index contributed by atoms with van der Waals surface area (Å²) in [5.74, 6) is -0.304. The van der Waals surface area contributed by atoms with Crippen LogP contribution in [0.2, 0.25) is 0 Å². The summed E-state index contributed by atoms with van der Waals surface area (Å²) in [5, 5.41) is 0. The van der Waals surface area contributed by atoms with Gasteiger partial charge in [0, 0.05) is 18.1 Å². The van der Waals surface area contributed by atoms with Crippen molar-refractivity contribution >= 4 is 10.1 Å². The van der Waals surface area contributed by atoms with E-state index in [2.05, 4.69) is 4.98 Å². The van der Waals surface area contributed by atoms with Gasteiger partial charge in [-0.3, -0.25) is 4.98 Å². The second-order valence-electron chi connectivity index (χ2n) is 2.73. The summed E-state index contributed by atoms with van der Waals surface area (Å²) in [7, 11) is -4.06. The van der Waals surface area contributed by atoms with Gasteiger partial charge < -0.3 is 4.55 Å². The van der Waals surface area contributed by atoms with E-state index in [-0.39, 0.29) is 35.3 Å². The number of hydrogen-bond acceptors (Lipinski definition) is 4. The zero-order valence-electron chi connectivity index (χ0n) is 8.01. The average Bonchev–Trinajstić information content (AvgIpc) is 2.04. The van der Waals surface area contributed by atoms with Crippen LogP contribution < -0.4 is 29.6 Å². The van der Waals surface area contributed by atoms with Gasteiger partial charge in [-0.25, -0.2) is 8.42 Å². The maximum Gasteiger partial charge on any atom is 1.00 e. The molecule has 0 aliphatic carbocycles. The fraction of sp³-hybridized carbons (Fsp3) is 0.375. The Morgan fingerprint density at radius 3 is 2.64 bits per heavy atom. The molecule has 0 N–H and O–H groups in total. The molecule has 1 rings (SSSR count). The van der Waals surface area contributed by atoms with Crippen LogP contribution in [0, 0.1) is 0 Å². The Morgan fingerprint density at radius 1 is 1.43 bits per heavy atom. The first-order valence-corrected chi connectivity index (χ1v) is 5.48. The molecule has 0 aliphatic rings. The van der Waals surface area contributed by atoms with Crippen molar-refractivity contribution in [3.05, 3.63) is 30.1 Å². The van der Waals surface area contributed by atoms with Gasteiger partial charge in [-0.1, -0.05) is 6.07 Å². The Morgan fingerprint density at radius 2 is 2.14 bits per heavy atom. The number of rotatable bonds is 4. The molecule has 6 heteroatoms. The van der Waals surface area contributed by atoms with Crippen LogP contribution in [0.4, 0.5) is 0 Å². The van der Waals surface area contributed by atoms with Crippen molar-refractivity contribution in [1.82, 2.24) is 4.98 Å². The van der Waals surface area contributed by atoms with Gasteiger partial charge in [0.2, 0.25) is 0 Å². The molecule has 1 aromatic heterocycles. The van der Waals surface area contributed by atoms with Crippen LogP contribution in [0.25, 0.3) is 0 Å². The van der Waals surface area contributed by atoms with E-state index in [1.165, 1.54) is 0 Å². The molecular formula is C8H10NNaO3S. The monoisotopic (exact) mass is 223 g/mol. The molecule has 0 bridgehead atoms. The van der Waals surface area contributed by atoms with Crippen molar-refractivity contribution in [1.29, 1.82) is 0 Å². The van der Waals surface area contributed by atoms with Crippen molar-refractivity contribution < 1.29 is 42.5 Å². The first-order valence-electron chi connectivity index (χ1n) is 3.90. The second kappa shape index (κ2) is 6.53. The van der Waals surface area contributed by atoms with Gasteiger partial charge in [0.25, 0.3) is 0 Å². The van der Waals surface area contributed by atoms with E-state index in [9.17, 15) is 13.0 Å². The van der Waals surface area contributed by atoms with Gasteiger partial charge >= 0.3 is 29.6 Å². The van der Waals surface area contributed by atoms with Gasteiger partial charge in [0.05, 0.1) is 10.1 Å². The van der Waals surface area contributed by atoms with Crippen molar-refractivity contribution in [2.45, 2.75) is 12.8 Å². The molecule has 0 saturated carbocycles. The Balaban J connectivity index is 0.00000169. The smallest absolute Gasteiger partial charge is 0.748 e. The van der Waals surface area contributed by atoms with Crippen molar-refractivity contribution in [3.8, 4) is 0 Å². The summed E-state index contributed by atoms with van der Waals surface area (Å²) >= 11 is 0. The molecule has 0 spiro atoms. The fourth-order valence-corrected chi connectivity index (χ4v) is 1.50. The molecule has 0 saturated heterocycles. The summed E-state index contributed by atoms with van der Waals surface area (Å²) in [4.78, 5) is 3.87. The summed E-state index contributed by atoms with van der Waals surface area (Å²) in [6.45, 7) is 0. The molecule has 0 fully saturated rings. The first kappa shape index (κ1) is 14.1. The quantitative estimate of drug-likeness (QED) is 0.420. The summed E-state index contributed by atoms with van der Waals surface area (Å²) in [6.07, 6.45) is 4.25. The van der Waals surface area contributed by atoms with Crippen LogP contribution in [0.15, 0.2) is 24.5 Å². The van der Waals surface area contributed by atoms with Gasteiger partial charge in [-0.15, -0.1) is 0 Å². The van der Waals surface area contributed by atoms with Crippen LogP contribution in [0.5, 0.6) is 0 Å². The molecular weight excluding hydrogens is 213 g/mol. The molecule has 1 heterocycles. The number of hydrogen-bond donors (Lipinski definition) is 0. The molecule has 0 atom stereocenters. The third kappa shape index (κ3) is 6.50. The molecule has 72 valence electrons. The standard InChI is InChI=1S/C8H11NO3S.Na/c10-13(11,12)6-2-4-8-3-1-5-9-7-8;/h1,3,5,7H,2,4,6H2,(H,10,11,12);/q;+1/p-1. The SMILES string of the molecule is O=S(=O)([O-])CCCc1cccnc1.[Na+]. The Labute approximate surface area is 106 Å². The van der Waals surface area contributed by atoms with Crippen LogP contribution in [0.3, 0.4) is 0 Å². The average molecular weight is 223 g/mol. The minimum Gasteiger partial charge on any atom is -0.748 e. The molecule has 4 nitrogen and oxygen atoms in total. The van der Waals surface area contributed by atoms with E-state index in [4.69, 9.17) is 0 Å². The predicted octanol–water partition coefficient (Wildman–Crippen LogP) is -2.44. The predicted molar refractivity (Wildman–Crippen MR) is 47.1 cm³/mol. The zero-order valence-corrected chi connectivity index (χ0v) is 10.8. The Hall–Kier alpha value is 0.0600. The van der Waals surface area contributed by atoms with Crippen LogP contribution >= 0.6 is 0 Å². The largest absolute Gasteiger partial charge is 1.00 e. The van der Waals surface area contributed by atoms with Crippen molar-refractivity contribution in [2.24, 2.45) is 0 Å². The van der Waals surface area contributed by atoms with E-state index >= 15 is 0 Å². The normalized spacial score (nSPS) is 10.6. The molecule has 0 amide bonds. The maximum atomic E-state index is 10.3. The molecule has 14 heavy (non-hydrogen) atoms. The van der Waals surface area contributed by atoms with Crippen molar-refractivity contribution in [2.75, 3.05) is 5.75 Å². The number of aromatic nitrogens is 1. The minimum atomic E-state index is -4.06. The molecule has 0 radical (unpaired) electrons. The van der Waals surface area contributed by atoms with Crippen molar-refractivity contribution in [3.63, 3.8) is 0 Å². The summed E-state index contributed by atoms with van der Waals surface area (Å²) < 4.78 is 30.8. The zero-order chi connectivity index (χ0) is 9.73. The molecule has 0 unspecified atom stereocenters. The van der Waals surface area contributed by atoms with E-state index in [1.807, 2.05) is 6.07 Å². The first-order chi connectivity index (χ1) is 6.08. The van der Waals surface area contributed by atoms with Crippen LogP contribution in [-0.2, 0) is 16.5 Å². The van der Waals surface area contributed by atoms with Gasteiger partial charge in [-0.2, -0.15) is 0 Å². The van der Waals surface area contributed by atoms with E-state index in [0.717, 1.165) is 5.56 Å². The molecule has 1 aromatic rings. The Kier molecular flexibility index (Phi) is 6.55. The second-order valence-corrected chi connectivity index (χ2v) is 4.25. The molecule has 0 aromatic carbocycles. The van der Waals surface area contributed by atoms with Gasteiger partial charge in [0.1, 0.15) is 0 Å². The number of aryl methyl sites for hydroxylation is 1. The minimum absolute atomic E-state index is 0. The van der Waals surface area contributed by atoms with Gasteiger partial charge in [0.15, 0.2) is 0 Å². The van der Waals surface area contributed by atoms with Gasteiger partial charge in [-0.05, 0) is 24.5 Å². The number of pyridine rings is 1. The van der Waals surface area contributed by atoms with Crippen LogP contribution in [-0.4, -0.2) is 23.7 Å².